The van der Waals surface area contributed by atoms with Crippen LogP contribution in [0.1, 0.15) is 31.9 Å². The number of ether oxygens (including phenoxy) is 2. The van der Waals surface area contributed by atoms with E-state index >= 15 is 0 Å². The van der Waals surface area contributed by atoms with E-state index in [0.717, 1.165) is 24.0 Å². The van der Waals surface area contributed by atoms with Crippen molar-refractivity contribution in [3.05, 3.63) is 54.1 Å². The number of carbonyl (C=O) groups is 1. The Morgan fingerprint density at radius 2 is 1.62 bits per heavy atom. The van der Waals surface area contributed by atoms with Crippen molar-refractivity contribution in [3.63, 3.8) is 0 Å². The van der Waals surface area contributed by atoms with Gasteiger partial charge in [-0.1, -0.05) is 19.1 Å². The molecule has 0 heterocycles. The van der Waals surface area contributed by atoms with E-state index in [9.17, 15) is 13.2 Å². The quantitative estimate of drug-likeness (QED) is 0.674. The van der Waals surface area contributed by atoms with Gasteiger partial charge in [-0.15, -0.1) is 0 Å². The van der Waals surface area contributed by atoms with Crippen molar-refractivity contribution < 1.29 is 22.7 Å². The highest BCUT2D eigenvalue weighted by molar-refractivity contribution is 7.92. The predicted molar refractivity (Wildman–Crippen MR) is 114 cm³/mol. The Bertz CT molecular complexity index is 911. The van der Waals surface area contributed by atoms with Gasteiger partial charge in [-0.2, -0.15) is 0 Å². The average molecular weight is 421 g/mol. The average Bonchev–Trinajstić information content (AvgIpc) is 2.71. The van der Waals surface area contributed by atoms with Gasteiger partial charge in [0.05, 0.1) is 25.1 Å². The normalized spacial score (nSPS) is 13.3. The van der Waals surface area contributed by atoms with Gasteiger partial charge in [-0.05, 0) is 55.3 Å². The number of nitrogens with one attached hydrogen (secondary N) is 1. The summed E-state index contributed by atoms with van der Waals surface area (Å²) in [6.45, 7) is 3.67. The minimum absolute atomic E-state index is 0.134. The summed E-state index contributed by atoms with van der Waals surface area (Å²) in [6, 6.07) is 14.0. The van der Waals surface area contributed by atoms with Crippen molar-refractivity contribution in [2.45, 2.75) is 32.4 Å². The zero-order valence-electron chi connectivity index (χ0n) is 17.4. The second-order valence-electron chi connectivity index (χ2n) is 6.73. The summed E-state index contributed by atoms with van der Waals surface area (Å²) in [5.74, 6) is 1.01. The molecule has 7 nitrogen and oxygen atoms in total. The van der Waals surface area contributed by atoms with E-state index in [4.69, 9.17) is 9.47 Å². The van der Waals surface area contributed by atoms with E-state index in [1.54, 1.807) is 38.3 Å². The van der Waals surface area contributed by atoms with E-state index in [1.807, 2.05) is 31.2 Å². The summed E-state index contributed by atoms with van der Waals surface area (Å²) in [4.78, 5) is 12.6. The van der Waals surface area contributed by atoms with Crippen molar-refractivity contribution in [1.82, 2.24) is 5.32 Å². The van der Waals surface area contributed by atoms with Gasteiger partial charge in [0.25, 0.3) is 5.91 Å². The van der Waals surface area contributed by atoms with Crippen LogP contribution in [-0.4, -0.2) is 40.8 Å². The first-order chi connectivity index (χ1) is 13.7. The van der Waals surface area contributed by atoms with Crippen LogP contribution in [0.25, 0.3) is 0 Å². The van der Waals surface area contributed by atoms with Gasteiger partial charge in [-0.3, -0.25) is 9.10 Å². The monoisotopic (exact) mass is 420 g/mol. The molecule has 0 saturated heterocycles. The minimum Gasteiger partial charge on any atom is -0.497 e. The van der Waals surface area contributed by atoms with E-state index in [1.165, 1.54) is 11.4 Å². The second-order valence-corrected chi connectivity index (χ2v) is 8.74. The molecule has 158 valence electrons. The maximum absolute atomic E-state index is 12.6. The highest BCUT2D eigenvalue weighted by Crippen LogP contribution is 2.22. The molecule has 2 unspecified atom stereocenters. The summed E-state index contributed by atoms with van der Waals surface area (Å²) in [6.07, 6.45) is 1.16. The fourth-order valence-corrected chi connectivity index (χ4v) is 3.23. The number of methoxy groups -OCH3 is 1. The molecule has 1 amide bonds. The number of benzene rings is 2. The molecule has 1 N–H and O–H groups in total. The van der Waals surface area contributed by atoms with Crippen LogP contribution in [0.15, 0.2) is 48.5 Å². The van der Waals surface area contributed by atoms with E-state index < -0.39 is 16.1 Å². The topological polar surface area (TPSA) is 84.9 Å². The maximum Gasteiger partial charge on any atom is 0.261 e. The predicted octanol–water partition coefficient (Wildman–Crippen LogP) is 3.13. The van der Waals surface area contributed by atoms with E-state index in [2.05, 4.69) is 5.32 Å². The minimum atomic E-state index is -3.33. The number of rotatable bonds is 9. The Hall–Kier alpha value is -2.74. The third-order valence-corrected chi connectivity index (χ3v) is 5.83. The Labute approximate surface area is 172 Å². The Balaban J connectivity index is 2.00. The van der Waals surface area contributed by atoms with Crippen LogP contribution in [-0.2, 0) is 14.8 Å². The smallest absolute Gasteiger partial charge is 0.261 e. The first-order valence-corrected chi connectivity index (χ1v) is 11.2. The lowest BCUT2D eigenvalue weighted by atomic mass is 10.0. The highest BCUT2D eigenvalue weighted by Gasteiger charge is 2.20. The summed E-state index contributed by atoms with van der Waals surface area (Å²) in [5.41, 5.74) is 1.50. The zero-order valence-corrected chi connectivity index (χ0v) is 18.2. The maximum atomic E-state index is 12.6. The Kier molecular flexibility index (Phi) is 7.50. The number of hydrogen-bond acceptors (Lipinski definition) is 5. The fraction of sp³-hybridized carbons (Fsp3) is 0.381. The molecule has 2 rings (SSSR count). The number of sulfonamides is 1. The number of hydrogen-bond donors (Lipinski definition) is 1. The van der Waals surface area contributed by atoms with Gasteiger partial charge >= 0.3 is 0 Å². The van der Waals surface area contributed by atoms with Gasteiger partial charge < -0.3 is 14.8 Å². The molecule has 0 aliphatic rings. The molecule has 0 aliphatic heterocycles. The van der Waals surface area contributed by atoms with Gasteiger partial charge in [0.1, 0.15) is 11.5 Å². The van der Waals surface area contributed by atoms with Crippen LogP contribution in [0.3, 0.4) is 0 Å². The van der Waals surface area contributed by atoms with Crippen LogP contribution in [0, 0.1) is 0 Å². The molecular weight excluding hydrogens is 392 g/mol. The molecule has 29 heavy (non-hydrogen) atoms. The molecule has 2 aromatic carbocycles. The van der Waals surface area contributed by atoms with Gasteiger partial charge in [0, 0.05) is 7.05 Å². The van der Waals surface area contributed by atoms with Crippen molar-refractivity contribution >= 4 is 21.6 Å². The van der Waals surface area contributed by atoms with Crippen LogP contribution >= 0.6 is 0 Å². The molecule has 0 bridgehead atoms. The molecule has 0 aliphatic carbocycles. The van der Waals surface area contributed by atoms with Gasteiger partial charge in [-0.25, -0.2) is 8.42 Å². The highest BCUT2D eigenvalue weighted by atomic mass is 32.2. The summed E-state index contributed by atoms with van der Waals surface area (Å²) >= 11 is 0. The molecule has 8 heteroatoms. The number of nitrogens with zero attached hydrogens (tertiary/aromatic N) is 1. The van der Waals surface area contributed by atoms with E-state index in [-0.39, 0.29) is 11.9 Å². The first kappa shape index (κ1) is 22.5. The van der Waals surface area contributed by atoms with Crippen LogP contribution in [0.2, 0.25) is 0 Å². The Morgan fingerprint density at radius 3 is 2.10 bits per heavy atom. The number of amides is 1. The number of anilines is 1. The Morgan fingerprint density at radius 1 is 1.07 bits per heavy atom. The molecule has 0 spiro atoms. The van der Waals surface area contributed by atoms with Gasteiger partial charge in [0.15, 0.2) is 6.10 Å². The third-order valence-electron chi connectivity index (χ3n) is 4.62. The molecule has 0 fully saturated rings. The van der Waals surface area contributed by atoms with Crippen molar-refractivity contribution in [1.29, 1.82) is 0 Å². The summed E-state index contributed by atoms with van der Waals surface area (Å²) in [7, 11) is -0.245. The molecule has 0 radical (unpaired) electrons. The van der Waals surface area contributed by atoms with Crippen molar-refractivity contribution in [2.24, 2.45) is 0 Å². The van der Waals surface area contributed by atoms with Crippen LogP contribution in [0.5, 0.6) is 11.5 Å². The lowest BCUT2D eigenvalue weighted by Gasteiger charge is -2.21. The zero-order chi connectivity index (χ0) is 21.6. The molecule has 2 aromatic rings. The molecule has 0 saturated carbocycles. The van der Waals surface area contributed by atoms with Crippen LogP contribution in [0.4, 0.5) is 5.69 Å². The second kappa shape index (κ2) is 9.65. The SMILES string of the molecule is CCC(NC(=O)C(C)Oc1ccc(N(C)S(C)(=O)=O)cc1)c1ccc(OC)cc1. The summed E-state index contributed by atoms with van der Waals surface area (Å²) in [5, 5.41) is 3.00. The number of carbonyl (C=O) groups excluding carboxylic acids is 1. The fourth-order valence-electron chi connectivity index (χ4n) is 2.73. The standard InChI is InChI=1S/C21H28N2O5S/c1-6-20(16-7-11-18(27-4)12-8-16)22-21(24)15(2)28-19-13-9-17(10-14-19)23(3)29(5,25)26/h7-15,20H,6H2,1-5H3,(H,22,24). The van der Waals surface area contributed by atoms with Crippen LogP contribution < -0.4 is 19.1 Å². The van der Waals surface area contributed by atoms with Crippen molar-refractivity contribution in [3.8, 4) is 11.5 Å². The summed E-state index contributed by atoms with van der Waals surface area (Å²) < 4.78 is 35.3. The van der Waals surface area contributed by atoms with E-state index in [0.29, 0.717) is 11.4 Å². The van der Waals surface area contributed by atoms with Crippen molar-refractivity contribution in [2.75, 3.05) is 24.7 Å². The molecule has 2 atom stereocenters. The first-order valence-electron chi connectivity index (χ1n) is 9.30. The largest absolute Gasteiger partial charge is 0.497 e. The lowest BCUT2D eigenvalue weighted by molar-refractivity contribution is -0.128. The third kappa shape index (κ3) is 6.12. The molecule has 0 aromatic heterocycles. The molecular formula is C21H28N2O5S. The van der Waals surface area contributed by atoms with Gasteiger partial charge in [0.2, 0.25) is 10.0 Å². The lowest BCUT2D eigenvalue weighted by Crippen LogP contribution is -2.38.